The van der Waals surface area contributed by atoms with Crippen LogP contribution in [0.3, 0.4) is 0 Å². The van der Waals surface area contributed by atoms with E-state index < -0.39 is 11.8 Å². The van der Waals surface area contributed by atoms with Gasteiger partial charge in [-0.15, -0.1) is 0 Å². The first kappa shape index (κ1) is 21.8. The van der Waals surface area contributed by atoms with Gasteiger partial charge in [0.15, 0.2) is 6.61 Å². The molecule has 0 aliphatic rings. The molecule has 166 valence electrons. The predicted octanol–water partition coefficient (Wildman–Crippen LogP) is 4.00. The number of hydrogen-bond donors (Lipinski definition) is 2. The largest absolute Gasteiger partial charge is 0.483 e. The summed E-state index contributed by atoms with van der Waals surface area (Å²) in [7, 11) is 0. The van der Waals surface area contributed by atoms with Gasteiger partial charge in [-0.05, 0) is 37.6 Å². The third kappa shape index (κ3) is 5.10. The summed E-state index contributed by atoms with van der Waals surface area (Å²) in [5.41, 5.74) is 9.71. The fraction of sp³-hybridized carbons (Fsp3) is 0.115. The molecule has 0 radical (unpaired) electrons. The smallest absolute Gasteiger partial charge is 0.276 e. The molecule has 2 amide bonds. The topological polar surface area (TPSA) is 85.3 Å². The van der Waals surface area contributed by atoms with E-state index in [4.69, 9.17) is 4.74 Å². The summed E-state index contributed by atoms with van der Waals surface area (Å²) in [6.45, 7) is 3.56. The number of aryl methyl sites for hydroxylation is 1. The minimum atomic E-state index is -0.477. The fourth-order valence-electron chi connectivity index (χ4n) is 3.40. The standard InChI is InChI=1S/C26H24N4O3/c1-18-12-14-21(15-13-18)30-19(2)23(16-27-30)26(32)29-28-25(31)17-33-24-11-7-6-10-22(24)20-8-4-3-5-9-20/h3-16H,17H2,1-2H3,(H,28,31)(H,29,32). The molecule has 0 bridgehead atoms. The first-order chi connectivity index (χ1) is 16.0. The highest BCUT2D eigenvalue weighted by atomic mass is 16.5. The summed E-state index contributed by atoms with van der Waals surface area (Å²) in [6.07, 6.45) is 1.48. The normalized spacial score (nSPS) is 10.5. The highest BCUT2D eigenvalue weighted by molar-refractivity contribution is 5.96. The lowest BCUT2D eigenvalue weighted by Crippen LogP contribution is -2.44. The van der Waals surface area contributed by atoms with Crippen molar-refractivity contribution in [2.75, 3.05) is 6.61 Å². The zero-order chi connectivity index (χ0) is 23.2. The van der Waals surface area contributed by atoms with Crippen LogP contribution < -0.4 is 15.6 Å². The van der Waals surface area contributed by atoms with Crippen molar-refractivity contribution in [2.45, 2.75) is 13.8 Å². The zero-order valence-corrected chi connectivity index (χ0v) is 18.4. The summed E-state index contributed by atoms with van der Waals surface area (Å²) in [5.74, 6) is -0.348. The van der Waals surface area contributed by atoms with Crippen molar-refractivity contribution in [3.8, 4) is 22.6 Å². The van der Waals surface area contributed by atoms with Crippen LogP contribution in [-0.4, -0.2) is 28.2 Å². The van der Waals surface area contributed by atoms with Crippen LogP contribution in [0.5, 0.6) is 5.75 Å². The SMILES string of the molecule is Cc1ccc(-n2ncc(C(=O)NNC(=O)COc3ccccc3-c3ccccc3)c2C)cc1. The van der Waals surface area contributed by atoms with Crippen molar-refractivity contribution in [3.63, 3.8) is 0 Å². The molecular weight excluding hydrogens is 416 g/mol. The third-order valence-electron chi connectivity index (χ3n) is 5.18. The van der Waals surface area contributed by atoms with E-state index in [2.05, 4.69) is 16.0 Å². The number of aromatic nitrogens is 2. The number of rotatable bonds is 6. The second kappa shape index (κ2) is 9.82. The Labute approximate surface area is 192 Å². The van der Waals surface area contributed by atoms with Gasteiger partial charge in [0.05, 0.1) is 23.1 Å². The molecule has 1 aromatic heterocycles. The van der Waals surface area contributed by atoms with E-state index in [1.54, 1.807) is 17.7 Å². The summed E-state index contributed by atoms with van der Waals surface area (Å²) >= 11 is 0. The van der Waals surface area contributed by atoms with E-state index in [9.17, 15) is 9.59 Å². The van der Waals surface area contributed by atoms with Gasteiger partial charge in [-0.2, -0.15) is 5.10 Å². The minimum absolute atomic E-state index is 0.244. The van der Waals surface area contributed by atoms with Gasteiger partial charge in [0.1, 0.15) is 5.75 Å². The fourth-order valence-corrected chi connectivity index (χ4v) is 3.40. The van der Waals surface area contributed by atoms with Gasteiger partial charge < -0.3 is 4.74 Å². The lowest BCUT2D eigenvalue weighted by molar-refractivity contribution is -0.123. The molecule has 1 heterocycles. The number of amides is 2. The Morgan fingerprint density at radius 2 is 1.58 bits per heavy atom. The molecule has 0 aliphatic heterocycles. The molecule has 2 N–H and O–H groups in total. The van der Waals surface area contributed by atoms with Crippen LogP contribution in [0.15, 0.2) is 85.1 Å². The van der Waals surface area contributed by atoms with Crippen LogP contribution in [0.25, 0.3) is 16.8 Å². The van der Waals surface area contributed by atoms with Crippen molar-refractivity contribution in [1.29, 1.82) is 0 Å². The molecule has 33 heavy (non-hydrogen) atoms. The summed E-state index contributed by atoms with van der Waals surface area (Å²) in [4.78, 5) is 24.8. The lowest BCUT2D eigenvalue weighted by atomic mass is 10.1. The van der Waals surface area contributed by atoms with Crippen molar-refractivity contribution >= 4 is 11.8 Å². The highest BCUT2D eigenvalue weighted by Crippen LogP contribution is 2.29. The van der Waals surface area contributed by atoms with Gasteiger partial charge in [0.2, 0.25) is 0 Å². The van der Waals surface area contributed by atoms with E-state index in [-0.39, 0.29) is 6.61 Å². The van der Waals surface area contributed by atoms with Crippen LogP contribution in [-0.2, 0) is 4.79 Å². The van der Waals surface area contributed by atoms with Crippen molar-refractivity contribution in [1.82, 2.24) is 20.6 Å². The van der Waals surface area contributed by atoms with Crippen molar-refractivity contribution < 1.29 is 14.3 Å². The minimum Gasteiger partial charge on any atom is -0.483 e. The number of hydrogen-bond acceptors (Lipinski definition) is 4. The number of benzene rings is 3. The van der Waals surface area contributed by atoms with Crippen LogP contribution in [0.1, 0.15) is 21.6 Å². The molecule has 0 fully saturated rings. The van der Waals surface area contributed by atoms with E-state index in [1.807, 2.05) is 79.7 Å². The molecule has 0 spiro atoms. The Morgan fingerprint density at radius 1 is 0.879 bits per heavy atom. The summed E-state index contributed by atoms with van der Waals surface area (Å²) < 4.78 is 7.39. The number of carbonyl (C=O) groups excluding carboxylic acids is 2. The average molecular weight is 441 g/mol. The van der Waals surface area contributed by atoms with Crippen LogP contribution in [0.2, 0.25) is 0 Å². The van der Waals surface area contributed by atoms with Gasteiger partial charge in [-0.25, -0.2) is 4.68 Å². The number of ether oxygens (including phenoxy) is 1. The summed E-state index contributed by atoms with van der Waals surface area (Å²) in [5, 5.41) is 4.30. The van der Waals surface area contributed by atoms with Gasteiger partial charge in [-0.3, -0.25) is 20.4 Å². The maximum atomic E-state index is 12.6. The molecule has 7 heteroatoms. The van der Waals surface area contributed by atoms with Gasteiger partial charge in [0, 0.05) is 5.56 Å². The van der Waals surface area contributed by atoms with Gasteiger partial charge in [0.25, 0.3) is 11.8 Å². The molecule has 0 saturated carbocycles. The third-order valence-corrected chi connectivity index (χ3v) is 5.18. The molecule has 0 saturated heterocycles. The van der Waals surface area contributed by atoms with Gasteiger partial charge >= 0.3 is 0 Å². The van der Waals surface area contributed by atoms with Crippen molar-refractivity contribution in [2.24, 2.45) is 0 Å². The number of para-hydroxylation sites is 1. The Kier molecular flexibility index (Phi) is 6.50. The van der Waals surface area contributed by atoms with E-state index in [0.717, 1.165) is 22.4 Å². The van der Waals surface area contributed by atoms with Crippen molar-refractivity contribution in [3.05, 3.63) is 102 Å². The Balaban J connectivity index is 1.35. The highest BCUT2D eigenvalue weighted by Gasteiger charge is 2.16. The molecular formula is C26H24N4O3. The van der Waals surface area contributed by atoms with E-state index in [0.29, 0.717) is 17.0 Å². The maximum Gasteiger partial charge on any atom is 0.276 e. The monoisotopic (exact) mass is 440 g/mol. The molecule has 0 atom stereocenters. The molecule has 0 unspecified atom stereocenters. The molecule has 4 rings (SSSR count). The number of nitrogens with zero attached hydrogens (tertiary/aromatic N) is 2. The zero-order valence-electron chi connectivity index (χ0n) is 18.4. The van der Waals surface area contributed by atoms with Crippen LogP contribution in [0.4, 0.5) is 0 Å². The van der Waals surface area contributed by atoms with Crippen LogP contribution in [0, 0.1) is 13.8 Å². The second-order valence-corrected chi connectivity index (χ2v) is 7.54. The second-order valence-electron chi connectivity index (χ2n) is 7.54. The predicted molar refractivity (Wildman–Crippen MR) is 126 cm³/mol. The molecule has 0 aliphatic carbocycles. The van der Waals surface area contributed by atoms with E-state index in [1.165, 1.54) is 6.20 Å². The lowest BCUT2D eigenvalue weighted by Gasteiger charge is -2.12. The number of hydrazine groups is 1. The first-order valence-electron chi connectivity index (χ1n) is 10.5. The van der Waals surface area contributed by atoms with Gasteiger partial charge in [-0.1, -0.05) is 66.2 Å². The number of nitrogens with one attached hydrogen (secondary N) is 2. The maximum absolute atomic E-state index is 12.6. The summed E-state index contributed by atoms with van der Waals surface area (Å²) in [6, 6.07) is 25.1. The Morgan fingerprint density at radius 3 is 2.33 bits per heavy atom. The Hall–Kier alpha value is -4.39. The molecule has 3 aromatic carbocycles. The number of carbonyl (C=O) groups is 2. The van der Waals surface area contributed by atoms with E-state index >= 15 is 0 Å². The molecule has 4 aromatic rings. The quantitative estimate of drug-likeness (QED) is 0.444. The average Bonchev–Trinajstić information content (AvgIpc) is 3.23. The molecule has 7 nitrogen and oxygen atoms in total. The first-order valence-corrected chi connectivity index (χ1v) is 10.5. The van der Waals surface area contributed by atoms with Crippen LogP contribution >= 0.6 is 0 Å². The Bertz CT molecular complexity index is 1260.